The number of carboxylic acid groups (broad SMARTS) is 1. The molecule has 2 aromatic carbocycles. The number of hydrogen-bond acceptors (Lipinski definition) is 2. The van der Waals surface area contributed by atoms with Gasteiger partial charge in [0.05, 0.1) is 0 Å². The number of nitrogens with zero attached hydrogens (tertiary/aromatic N) is 1. The summed E-state index contributed by atoms with van der Waals surface area (Å²) in [5.41, 5.74) is 1.20. The summed E-state index contributed by atoms with van der Waals surface area (Å²) in [5.74, 6) is -0.683. The van der Waals surface area contributed by atoms with Crippen LogP contribution in [0.3, 0.4) is 0 Å². The number of hydrogen-bond donors (Lipinski definition) is 1. The summed E-state index contributed by atoms with van der Waals surface area (Å²) in [4.78, 5) is 13.6. The SMILES string of the molecule is O=C(O)C1CCCCCN1Cc1ccc2ccccc2c1. The molecule has 0 amide bonds. The van der Waals surface area contributed by atoms with E-state index >= 15 is 0 Å². The monoisotopic (exact) mass is 283 g/mol. The molecule has 0 saturated carbocycles. The molecule has 0 spiro atoms. The van der Waals surface area contributed by atoms with E-state index in [1.807, 2.05) is 12.1 Å². The second kappa shape index (κ2) is 6.27. The third-order valence-electron chi connectivity index (χ3n) is 4.35. The van der Waals surface area contributed by atoms with Crippen LogP contribution in [0.5, 0.6) is 0 Å². The zero-order valence-corrected chi connectivity index (χ0v) is 12.2. The maximum atomic E-state index is 11.5. The normalized spacial score (nSPS) is 20.3. The molecule has 1 N–H and O–H groups in total. The number of carbonyl (C=O) groups is 1. The van der Waals surface area contributed by atoms with Gasteiger partial charge in [0.2, 0.25) is 0 Å². The Balaban J connectivity index is 1.83. The van der Waals surface area contributed by atoms with Gasteiger partial charge in [-0.1, -0.05) is 49.2 Å². The molecule has 1 aliphatic heterocycles. The lowest BCUT2D eigenvalue weighted by Gasteiger charge is -2.26. The number of benzene rings is 2. The van der Waals surface area contributed by atoms with E-state index in [4.69, 9.17) is 0 Å². The number of rotatable bonds is 3. The molecular formula is C18H21NO2. The van der Waals surface area contributed by atoms with Crippen molar-refractivity contribution < 1.29 is 9.90 Å². The Kier molecular flexibility index (Phi) is 4.20. The van der Waals surface area contributed by atoms with Crippen molar-refractivity contribution in [1.29, 1.82) is 0 Å². The predicted octanol–water partition coefficient (Wildman–Crippen LogP) is 3.67. The van der Waals surface area contributed by atoms with Crippen molar-refractivity contribution in [2.75, 3.05) is 6.54 Å². The molecule has 0 aromatic heterocycles. The van der Waals surface area contributed by atoms with Crippen LogP contribution in [-0.4, -0.2) is 28.6 Å². The molecule has 110 valence electrons. The van der Waals surface area contributed by atoms with Crippen molar-refractivity contribution in [2.24, 2.45) is 0 Å². The van der Waals surface area contributed by atoms with E-state index in [1.165, 1.54) is 16.3 Å². The average molecular weight is 283 g/mol. The zero-order valence-electron chi connectivity index (χ0n) is 12.2. The lowest BCUT2D eigenvalue weighted by Crippen LogP contribution is -2.40. The average Bonchev–Trinajstić information content (AvgIpc) is 2.72. The fourth-order valence-corrected chi connectivity index (χ4v) is 3.21. The molecular weight excluding hydrogens is 262 g/mol. The van der Waals surface area contributed by atoms with Crippen LogP contribution in [0.4, 0.5) is 0 Å². The molecule has 21 heavy (non-hydrogen) atoms. The van der Waals surface area contributed by atoms with Gasteiger partial charge in [-0.2, -0.15) is 0 Å². The van der Waals surface area contributed by atoms with E-state index in [-0.39, 0.29) is 6.04 Å². The first-order valence-corrected chi connectivity index (χ1v) is 7.68. The highest BCUT2D eigenvalue weighted by atomic mass is 16.4. The molecule has 1 atom stereocenters. The quantitative estimate of drug-likeness (QED) is 0.934. The Labute approximate surface area is 125 Å². The lowest BCUT2D eigenvalue weighted by molar-refractivity contribution is -0.143. The molecule has 1 heterocycles. The fourth-order valence-electron chi connectivity index (χ4n) is 3.21. The third-order valence-corrected chi connectivity index (χ3v) is 4.35. The van der Waals surface area contributed by atoms with Crippen molar-refractivity contribution in [3.8, 4) is 0 Å². The smallest absolute Gasteiger partial charge is 0.320 e. The van der Waals surface area contributed by atoms with Crippen LogP contribution in [0, 0.1) is 0 Å². The van der Waals surface area contributed by atoms with Crippen LogP contribution in [0.25, 0.3) is 10.8 Å². The summed E-state index contributed by atoms with van der Waals surface area (Å²) in [6.07, 6.45) is 4.02. The molecule has 3 heteroatoms. The van der Waals surface area contributed by atoms with Crippen molar-refractivity contribution in [1.82, 2.24) is 4.90 Å². The largest absolute Gasteiger partial charge is 0.480 e. The summed E-state index contributed by atoms with van der Waals surface area (Å²) < 4.78 is 0. The minimum Gasteiger partial charge on any atom is -0.480 e. The van der Waals surface area contributed by atoms with Gasteiger partial charge in [0, 0.05) is 6.54 Å². The predicted molar refractivity (Wildman–Crippen MR) is 84.2 cm³/mol. The molecule has 3 rings (SSSR count). The van der Waals surface area contributed by atoms with E-state index in [2.05, 4.69) is 35.2 Å². The first-order chi connectivity index (χ1) is 10.2. The van der Waals surface area contributed by atoms with Crippen molar-refractivity contribution in [3.05, 3.63) is 48.0 Å². The molecule has 2 aromatic rings. The molecule has 0 radical (unpaired) electrons. The van der Waals surface area contributed by atoms with Gasteiger partial charge in [-0.3, -0.25) is 9.69 Å². The first-order valence-electron chi connectivity index (χ1n) is 7.68. The Bertz CT molecular complexity index is 638. The van der Waals surface area contributed by atoms with E-state index in [0.717, 1.165) is 38.8 Å². The minimum atomic E-state index is -0.683. The summed E-state index contributed by atoms with van der Waals surface area (Å²) in [6, 6.07) is 14.4. The summed E-state index contributed by atoms with van der Waals surface area (Å²) in [5, 5.41) is 11.9. The number of likely N-dealkylation sites (tertiary alicyclic amines) is 1. The maximum absolute atomic E-state index is 11.5. The van der Waals surface area contributed by atoms with Crippen LogP contribution in [0.15, 0.2) is 42.5 Å². The van der Waals surface area contributed by atoms with Crippen LogP contribution >= 0.6 is 0 Å². The van der Waals surface area contributed by atoms with Gasteiger partial charge in [0.25, 0.3) is 0 Å². The fraction of sp³-hybridized carbons (Fsp3) is 0.389. The second-order valence-electron chi connectivity index (χ2n) is 5.86. The number of fused-ring (bicyclic) bond motifs is 1. The molecule has 1 aliphatic rings. The summed E-state index contributed by atoms with van der Waals surface area (Å²) in [7, 11) is 0. The Morgan fingerprint density at radius 3 is 2.71 bits per heavy atom. The van der Waals surface area contributed by atoms with Crippen molar-refractivity contribution in [3.63, 3.8) is 0 Å². The van der Waals surface area contributed by atoms with Gasteiger partial charge in [-0.25, -0.2) is 0 Å². The van der Waals surface area contributed by atoms with Gasteiger partial charge in [-0.05, 0) is 41.8 Å². The van der Waals surface area contributed by atoms with Gasteiger partial charge in [0.1, 0.15) is 6.04 Å². The van der Waals surface area contributed by atoms with Crippen LogP contribution < -0.4 is 0 Å². The highest BCUT2D eigenvalue weighted by Crippen LogP contribution is 2.22. The number of carboxylic acids is 1. The highest BCUT2D eigenvalue weighted by Gasteiger charge is 2.26. The lowest BCUT2D eigenvalue weighted by atomic mass is 10.1. The highest BCUT2D eigenvalue weighted by molar-refractivity contribution is 5.83. The third kappa shape index (κ3) is 3.24. The van der Waals surface area contributed by atoms with E-state index in [9.17, 15) is 9.90 Å². The Hall–Kier alpha value is -1.87. The Morgan fingerprint density at radius 2 is 1.90 bits per heavy atom. The van der Waals surface area contributed by atoms with Crippen molar-refractivity contribution >= 4 is 16.7 Å². The maximum Gasteiger partial charge on any atom is 0.320 e. The van der Waals surface area contributed by atoms with Crippen LogP contribution in [-0.2, 0) is 11.3 Å². The standard InChI is InChI=1S/C18H21NO2/c20-18(21)17-8-2-1-5-11-19(17)13-14-9-10-15-6-3-4-7-16(15)12-14/h3-4,6-7,9-10,12,17H,1-2,5,8,11,13H2,(H,20,21). The van der Waals surface area contributed by atoms with E-state index in [0.29, 0.717) is 0 Å². The zero-order chi connectivity index (χ0) is 14.7. The molecule has 1 fully saturated rings. The van der Waals surface area contributed by atoms with Gasteiger partial charge in [0.15, 0.2) is 0 Å². The minimum absolute atomic E-state index is 0.334. The van der Waals surface area contributed by atoms with Gasteiger partial charge in [-0.15, -0.1) is 0 Å². The van der Waals surface area contributed by atoms with E-state index in [1.54, 1.807) is 0 Å². The topological polar surface area (TPSA) is 40.5 Å². The Morgan fingerprint density at radius 1 is 1.10 bits per heavy atom. The summed E-state index contributed by atoms with van der Waals surface area (Å²) in [6.45, 7) is 1.60. The van der Waals surface area contributed by atoms with Gasteiger partial charge < -0.3 is 5.11 Å². The molecule has 3 nitrogen and oxygen atoms in total. The summed E-state index contributed by atoms with van der Waals surface area (Å²) >= 11 is 0. The molecule has 0 bridgehead atoms. The van der Waals surface area contributed by atoms with E-state index < -0.39 is 5.97 Å². The molecule has 1 unspecified atom stereocenters. The van der Waals surface area contributed by atoms with Crippen molar-refractivity contribution in [2.45, 2.75) is 38.3 Å². The second-order valence-corrected chi connectivity index (χ2v) is 5.86. The molecule has 0 aliphatic carbocycles. The van der Waals surface area contributed by atoms with Crippen LogP contribution in [0.2, 0.25) is 0 Å². The van der Waals surface area contributed by atoms with Crippen LogP contribution in [0.1, 0.15) is 31.2 Å². The number of aliphatic carboxylic acids is 1. The molecule has 1 saturated heterocycles. The van der Waals surface area contributed by atoms with Gasteiger partial charge >= 0.3 is 5.97 Å². The first kappa shape index (κ1) is 14.1.